The predicted octanol–water partition coefficient (Wildman–Crippen LogP) is 2.12. The zero-order valence-electron chi connectivity index (χ0n) is 13.8. The standard InChI is InChI=1S/C18H18F2N2O3/c1-10-3-4-11(7-15(10)23)8-16(24)22-17(18(25)21-2)12-5-6-13(19)14(20)9-12/h3-7,9,17,23H,8H2,1-2H3,(H,21,25)(H,22,24)/t17-/m1/s1. The van der Waals surface area contributed by atoms with Crippen LogP contribution in [0.15, 0.2) is 36.4 Å². The molecule has 2 aromatic carbocycles. The normalized spacial score (nSPS) is 11.7. The number of amides is 2. The Bertz CT molecular complexity index is 809. The summed E-state index contributed by atoms with van der Waals surface area (Å²) >= 11 is 0. The lowest BCUT2D eigenvalue weighted by Crippen LogP contribution is -2.39. The van der Waals surface area contributed by atoms with Crippen molar-refractivity contribution < 1.29 is 23.5 Å². The fraction of sp³-hybridized carbons (Fsp3) is 0.222. The van der Waals surface area contributed by atoms with E-state index in [1.165, 1.54) is 19.2 Å². The highest BCUT2D eigenvalue weighted by atomic mass is 19.2. The topological polar surface area (TPSA) is 78.4 Å². The van der Waals surface area contributed by atoms with Gasteiger partial charge in [0.2, 0.25) is 11.8 Å². The molecule has 3 N–H and O–H groups in total. The van der Waals surface area contributed by atoms with E-state index in [2.05, 4.69) is 10.6 Å². The van der Waals surface area contributed by atoms with Crippen molar-refractivity contribution in [3.63, 3.8) is 0 Å². The van der Waals surface area contributed by atoms with Gasteiger partial charge in [0.05, 0.1) is 6.42 Å². The van der Waals surface area contributed by atoms with E-state index >= 15 is 0 Å². The molecule has 5 nitrogen and oxygen atoms in total. The minimum atomic E-state index is -1.16. The molecule has 2 aromatic rings. The van der Waals surface area contributed by atoms with Crippen LogP contribution >= 0.6 is 0 Å². The summed E-state index contributed by atoms with van der Waals surface area (Å²) in [5.41, 5.74) is 1.36. The second kappa shape index (κ2) is 7.74. The van der Waals surface area contributed by atoms with Crippen molar-refractivity contribution in [2.75, 3.05) is 7.05 Å². The Morgan fingerprint density at radius 1 is 1.12 bits per heavy atom. The Labute approximate surface area is 143 Å². The third-order valence-corrected chi connectivity index (χ3v) is 3.73. The van der Waals surface area contributed by atoms with Gasteiger partial charge in [0.1, 0.15) is 11.8 Å². The van der Waals surface area contributed by atoms with Gasteiger partial charge in [0.25, 0.3) is 0 Å². The van der Waals surface area contributed by atoms with E-state index in [4.69, 9.17) is 0 Å². The number of aromatic hydroxyl groups is 1. The molecular weight excluding hydrogens is 330 g/mol. The van der Waals surface area contributed by atoms with E-state index in [1.807, 2.05) is 0 Å². The van der Waals surface area contributed by atoms with Crippen LogP contribution in [0.4, 0.5) is 8.78 Å². The minimum Gasteiger partial charge on any atom is -0.508 e. The highest BCUT2D eigenvalue weighted by Crippen LogP contribution is 2.19. The molecular formula is C18H18F2N2O3. The summed E-state index contributed by atoms with van der Waals surface area (Å²) in [6.45, 7) is 1.73. The molecule has 0 saturated heterocycles. The second-order valence-electron chi connectivity index (χ2n) is 5.59. The van der Waals surface area contributed by atoms with Crippen LogP contribution in [0.25, 0.3) is 0 Å². The van der Waals surface area contributed by atoms with Gasteiger partial charge in [-0.3, -0.25) is 9.59 Å². The Kier molecular flexibility index (Phi) is 5.69. The van der Waals surface area contributed by atoms with Crippen molar-refractivity contribution >= 4 is 11.8 Å². The van der Waals surface area contributed by atoms with E-state index in [-0.39, 0.29) is 17.7 Å². The maximum atomic E-state index is 13.4. The summed E-state index contributed by atoms with van der Waals surface area (Å²) in [7, 11) is 1.37. The highest BCUT2D eigenvalue weighted by Gasteiger charge is 2.23. The highest BCUT2D eigenvalue weighted by molar-refractivity contribution is 5.89. The van der Waals surface area contributed by atoms with Gasteiger partial charge in [-0.25, -0.2) is 8.78 Å². The van der Waals surface area contributed by atoms with Crippen molar-refractivity contribution in [1.82, 2.24) is 10.6 Å². The first-order valence-electron chi connectivity index (χ1n) is 7.56. The number of aryl methyl sites for hydroxylation is 1. The molecule has 0 unspecified atom stereocenters. The van der Waals surface area contributed by atoms with E-state index in [9.17, 15) is 23.5 Å². The molecule has 0 spiro atoms. The average Bonchev–Trinajstić information content (AvgIpc) is 2.58. The molecule has 132 valence electrons. The minimum absolute atomic E-state index is 0.0637. The van der Waals surface area contributed by atoms with E-state index in [0.717, 1.165) is 12.1 Å². The van der Waals surface area contributed by atoms with Crippen LogP contribution in [0.3, 0.4) is 0 Å². The SMILES string of the molecule is CNC(=O)[C@H](NC(=O)Cc1ccc(C)c(O)c1)c1ccc(F)c(F)c1. The van der Waals surface area contributed by atoms with Crippen molar-refractivity contribution in [1.29, 1.82) is 0 Å². The third-order valence-electron chi connectivity index (χ3n) is 3.73. The second-order valence-corrected chi connectivity index (χ2v) is 5.59. The maximum Gasteiger partial charge on any atom is 0.246 e. The molecule has 0 saturated carbocycles. The van der Waals surface area contributed by atoms with E-state index < -0.39 is 29.5 Å². The van der Waals surface area contributed by atoms with Crippen molar-refractivity contribution in [2.45, 2.75) is 19.4 Å². The fourth-order valence-electron chi connectivity index (χ4n) is 2.30. The van der Waals surface area contributed by atoms with Gasteiger partial charge in [-0.05, 0) is 41.8 Å². The van der Waals surface area contributed by atoms with Crippen molar-refractivity contribution in [2.24, 2.45) is 0 Å². The lowest BCUT2D eigenvalue weighted by molar-refractivity contribution is -0.128. The Morgan fingerprint density at radius 3 is 2.44 bits per heavy atom. The van der Waals surface area contributed by atoms with Crippen LogP contribution in [0.1, 0.15) is 22.7 Å². The maximum absolute atomic E-state index is 13.4. The molecule has 2 amide bonds. The number of nitrogens with one attached hydrogen (secondary N) is 2. The molecule has 0 bridgehead atoms. The number of benzene rings is 2. The van der Waals surface area contributed by atoms with Gasteiger partial charge in [0, 0.05) is 7.05 Å². The summed E-state index contributed by atoms with van der Waals surface area (Å²) in [6, 6.07) is 6.65. The molecule has 0 aliphatic rings. The predicted molar refractivity (Wildman–Crippen MR) is 87.9 cm³/mol. The number of halogens is 2. The summed E-state index contributed by atoms with van der Waals surface area (Å²) in [5, 5.41) is 14.5. The Morgan fingerprint density at radius 2 is 1.84 bits per heavy atom. The number of phenols is 1. The van der Waals surface area contributed by atoms with Gasteiger partial charge in [0.15, 0.2) is 11.6 Å². The van der Waals surface area contributed by atoms with Crippen molar-refractivity contribution in [3.8, 4) is 5.75 Å². The molecule has 0 aliphatic carbocycles. The fourth-order valence-corrected chi connectivity index (χ4v) is 2.30. The first kappa shape index (κ1) is 18.4. The number of hydrogen-bond donors (Lipinski definition) is 3. The summed E-state index contributed by atoms with van der Waals surface area (Å²) in [6.07, 6.45) is -0.0784. The molecule has 2 rings (SSSR count). The summed E-state index contributed by atoms with van der Waals surface area (Å²) in [5.74, 6) is -3.15. The number of hydrogen-bond acceptors (Lipinski definition) is 3. The molecule has 7 heteroatoms. The zero-order valence-corrected chi connectivity index (χ0v) is 13.8. The first-order chi connectivity index (χ1) is 11.8. The van der Waals surface area contributed by atoms with Crippen LogP contribution in [0.5, 0.6) is 5.75 Å². The molecule has 25 heavy (non-hydrogen) atoms. The van der Waals surface area contributed by atoms with Gasteiger partial charge < -0.3 is 15.7 Å². The van der Waals surface area contributed by atoms with Crippen LogP contribution in [0, 0.1) is 18.6 Å². The van der Waals surface area contributed by atoms with Gasteiger partial charge in [-0.1, -0.05) is 18.2 Å². The number of carbonyl (C=O) groups excluding carboxylic acids is 2. The van der Waals surface area contributed by atoms with E-state index in [0.29, 0.717) is 11.1 Å². The number of phenolic OH excluding ortho intramolecular Hbond substituents is 1. The molecule has 0 fully saturated rings. The largest absolute Gasteiger partial charge is 0.508 e. The smallest absolute Gasteiger partial charge is 0.246 e. The molecule has 0 aromatic heterocycles. The molecule has 0 aliphatic heterocycles. The summed E-state index contributed by atoms with van der Waals surface area (Å²) < 4.78 is 26.5. The molecule has 1 atom stereocenters. The molecule has 0 radical (unpaired) electrons. The van der Waals surface area contributed by atoms with E-state index in [1.54, 1.807) is 19.1 Å². The lowest BCUT2D eigenvalue weighted by atomic mass is 10.0. The number of rotatable bonds is 5. The average molecular weight is 348 g/mol. The zero-order chi connectivity index (χ0) is 18.6. The Hall–Kier alpha value is -2.96. The van der Waals surface area contributed by atoms with Crippen LogP contribution in [0.2, 0.25) is 0 Å². The van der Waals surface area contributed by atoms with Crippen molar-refractivity contribution in [3.05, 3.63) is 64.7 Å². The van der Waals surface area contributed by atoms with Crippen LogP contribution in [-0.2, 0) is 16.0 Å². The number of likely N-dealkylation sites (N-methyl/N-ethyl adjacent to an activating group) is 1. The van der Waals surface area contributed by atoms with Gasteiger partial charge in [-0.2, -0.15) is 0 Å². The first-order valence-corrected chi connectivity index (χ1v) is 7.56. The quantitative estimate of drug-likeness (QED) is 0.775. The summed E-state index contributed by atoms with van der Waals surface area (Å²) in [4.78, 5) is 24.2. The van der Waals surface area contributed by atoms with Gasteiger partial charge in [-0.15, -0.1) is 0 Å². The monoisotopic (exact) mass is 348 g/mol. The Balaban J connectivity index is 2.18. The van der Waals surface area contributed by atoms with Gasteiger partial charge >= 0.3 is 0 Å². The molecule has 0 heterocycles. The lowest BCUT2D eigenvalue weighted by Gasteiger charge is -2.18. The number of carbonyl (C=O) groups is 2. The van der Waals surface area contributed by atoms with Crippen LogP contribution < -0.4 is 10.6 Å². The van der Waals surface area contributed by atoms with Crippen LogP contribution in [-0.4, -0.2) is 24.0 Å². The third kappa shape index (κ3) is 4.53.